The Balaban J connectivity index is 2.55. The number of carboxylic acids is 1. The second kappa shape index (κ2) is 4.47. The smallest absolute Gasteiger partial charge is 0.341 e. The van der Waals surface area contributed by atoms with Crippen LogP contribution in [0.2, 0.25) is 0 Å². The van der Waals surface area contributed by atoms with Gasteiger partial charge >= 0.3 is 5.97 Å². The molecule has 2 rings (SSSR count). The van der Waals surface area contributed by atoms with Crippen LogP contribution in [0.15, 0.2) is 18.2 Å². The van der Waals surface area contributed by atoms with E-state index in [0.717, 1.165) is 36.8 Å². The lowest BCUT2D eigenvalue weighted by molar-refractivity contribution is -0.158. The van der Waals surface area contributed by atoms with Gasteiger partial charge in [0, 0.05) is 6.54 Å². The van der Waals surface area contributed by atoms with Gasteiger partial charge in [-0.2, -0.15) is 0 Å². The number of rotatable bonds is 3. The van der Waals surface area contributed by atoms with Crippen molar-refractivity contribution >= 4 is 5.97 Å². The van der Waals surface area contributed by atoms with Crippen molar-refractivity contribution in [2.75, 3.05) is 6.54 Å². The van der Waals surface area contributed by atoms with Crippen LogP contribution < -0.4 is 5.73 Å². The maximum absolute atomic E-state index is 11.2. The Labute approximate surface area is 100 Å². The van der Waals surface area contributed by atoms with Gasteiger partial charge in [-0.3, -0.25) is 0 Å². The van der Waals surface area contributed by atoms with E-state index in [0.29, 0.717) is 5.56 Å². The van der Waals surface area contributed by atoms with Crippen LogP contribution in [0.4, 0.5) is 0 Å². The molecule has 0 amide bonds. The standard InChI is InChI=1S/C13H17NO3/c14-8-13(17,12(15)16)11-7-3-5-9-4-1-2-6-10(9)11/h3,5,7,17H,1-2,4,6,8,14H2,(H,15,16). The average Bonchev–Trinajstić information content (AvgIpc) is 2.37. The maximum Gasteiger partial charge on any atom is 0.341 e. The monoisotopic (exact) mass is 235 g/mol. The first-order valence-electron chi connectivity index (χ1n) is 5.86. The summed E-state index contributed by atoms with van der Waals surface area (Å²) in [6.07, 6.45) is 3.92. The first-order chi connectivity index (χ1) is 8.09. The minimum atomic E-state index is -1.96. The van der Waals surface area contributed by atoms with Crippen molar-refractivity contribution in [2.24, 2.45) is 5.73 Å². The highest BCUT2D eigenvalue weighted by molar-refractivity contribution is 5.80. The second-order valence-electron chi connectivity index (χ2n) is 4.52. The van der Waals surface area contributed by atoms with Gasteiger partial charge in [-0.15, -0.1) is 0 Å². The van der Waals surface area contributed by atoms with E-state index in [9.17, 15) is 9.90 Å². The molecule has 1 aliphatic rings. The van der Waals surface area contributed by atoms with Crippen LogP contribution >= 0.6 is 0 Å². The summed E-state index contributed by atoms with van der Waals surface area (Å²) in [5, 5.41) is 19.4. The number of hydrogen-bond acceptors (Lipinski definition) is 3. The second-order valence-corrected chi connectivity index (χ2v) is 4.52. The maximum atomic E-state index is 11.2. The predicted octanol–water partition coefficient (Wildman–Crippen LogP) is 0.796. The number of aliphatic hydroxyl groups is 1. The van der Waals surface area contributed by atoms with Gasteiger partial charge in [0.25, 0.3) is 0 Å². The topological polar surface area (TPSA) is 83.5 Å². The van der Waals surface area contributed by atoms with Gasteiger partial charge in [-0.05, 0) is 42.4 Å². The van der Waals surface area contributed by atoms with Gasteiger partial charge in [-0.25, -0.2) is 4.79 Å². The van der Waals surface area contributed by atoms with Crippen molar-refractivity contribution in [3.05, 3.63) is 34.9 Å². The zero-order valence-corrected chi connectivity index (χ0v) is 9.65. The van der Waals surface area contributed by atoms with E-state index >= 15 is 0 Å². The predicted molar refractivity (Wildman–Crippen MR) is 63.7 cm³/mol. The van der Waals surface area contributed by atoms with E-state index in [1.807, 2.05) is 6.07 Å². The Bertz CT molecular complexity index is 444. The van der Waals surface area contributed by atoms with Crippen molar-refractivity contribution < 1.29 is 15.0 Å². The number of nitrogens with two attached hydrogens (primary N) is 1. The quantitative estimate of drug-likeness (QED) is 0.723. The van der Waals surface area contributed by atoms with Crippen molar-refractivity contribution in [1.82, 2.24) is 0 Å². The Kier molecular flexibility index (Phi) is 3.17. The Morgan fingerprint density at radius 3 is 2.71 bits per heavy atom. The summed E-state index contributed by atoms with van der Waals surface area (Å²) >= 11 is 0. The molecule has 0 aromatic heterocycles. The summed E-state index contributed by atoms with van der Waals surface area (Å²) < 4.78 is 0. The summed E-state index contributed by atoms with van der Waals surface area (Å²) in [5.41, 5.74) is 6.06. The van der Waals surface area contributed by atoms with Gasteiger partial charge in [-0.1, -0.05) is 18.2 Å². The molecule has 0 saturated carbocycles. The molecule has 0 fully saturated rings. The number of aliphatic carboxylic acids is 1. The first kappa shape index (κ1) is 12.1. The van der Waals surface area contributed by atoms with E-state index in [4.69, 9.17) is 10.8 Å². The van der Waals surface area contributed by atoms with Crippen LogP contribution in [0.3, 0.4) is 0 Å². The number of hydrogen-bond donors (Lipinski definition) is 3. The average molecular weight is 235 g/mol. The molecule has 0 heterocycles. The van der Waals surface area contributed by atoms with Crippen LogP contribution in [-0.2, 0) is 23.2 Å². The summed E-state index contributed by atoms with van der Waals surface area (Å²) in [6, 6.07) is 5.46. The molecule has 1 aromatic carbocycles. The van der Waals surface area contributed by atoms with Gasteiger partial charge in [0.15, 0.2) is 5.60 Å². The molecular formula is C13H17NO3. The molecular weight excluding hydrogens is 218 g/mol. The van der Waals surface area contributed by atoms with Gasteiger partial charge in [0.05, 0.1) is 0 Å². The Morgan fingerprint density at radius 2 is 2.06 bits per heavy atom. The molecule has 1 atom stereocenters. The fraction of sp³-hybridized carbons (Fsp3) is 0.462. The molecule has 0 bridgehead atoms. The molecule has 4 heteroatoms. The van der Waals surface area contributed by atoms with Crippen molar-refractivity contribution in [1.29, 1.82) is 0 Å². The third kappa shape index (κ3) is 1.94. The Hall–Kier alpha value is -1.39. The summed E-state index contributed by atoms with van der Waals surface area (Å²) in [7, 11) is 0. The van der Waals surface area contributed by atoms with Crippen LogP contribution in [0.25, 0.3) is 0 Å². The number of aryl methyl sites for hydroxylation is 1. The number of benzene rings is 1. The minimum absolute atomic E-state index is 0.307. The highest BCUT2D eigenvalue weighted by Crippen LogP contribution is 2.31. The molecule has 1 aliphatic carbocycles. The molecule has 1 aromatic rings. The Morgan fingerprint density at radius 1 is 1.35 bits per heavy atom. The lowest BCUT2D eigenvalue weighted by Gasteiger charge is -2.28. The molecule has 4 nitrogen and oxygen atoms in total. The van der Waals surface area contributed by atoms with Gasteiger partial charge < -0.3 is 15.9 Å². The number of fused-ring (bicyclic) bond motifs is 1. The first-order valence-corrected chi connectivity index (χ1v) is 5.86. The van der Waals surface area contributed by atoms with Crippen LogP contribution in [0.5, 0.6) is 0 Å². The number of carboxylic acid groups (broad SMARTS) is 1. The van der Waals surface area contributed by atoms with Crippen molar-refractivity contribution in [2.45, 2.75) is 31.3 Å². The fourth-order valence-corrected chi connectivity index (χ4v) is 2.48. The zero-order chi connectivity index (χ0) is 12.5. The zero-order valence-electron chi connectivity index (χ0n) is 9.65. The van der Waals surface area contributed by atoms with E-state index in [1.54, 1.807) is 12.1 Å². The highest BCUT2D eigenvalue weighted by atomic mass is 16.4. The molecule has 0 saturated heterocycles. The molecule has 92 valence electrons. The molecule has 0 aliphatic heterocycles. The number of carbonyl (C=O) groups is 1. The van der Waals surface area contributed by atoms with Gasteiger partial charge in [0.1, 0.15) is 0 Å². The lowest BCUT2D eigenvalue weighted by Crippen LogP contribution is -2.43. The third-order valence-corrected chi connectivity index (χ3v) is 3.49. The molecule has 0 radical (unpaired) electrons. The summed E-state index contributed by atoms with van der Waals surface area (Å²) in [5.74, 6) is -1.28. The summed E-state index contributed by atoms with van der Waals surface area (Å²) in [4.78, 5) is 11.2. The van der Waals surface area contributed by atoms with Crippen molar-refractivity contribution in [3.63, 3.8) is 0 Å². The molecule has 1 unspecified atom stereocenters. The third-order valence-electron chi connectivity index (χ3n) is 3.49. The van der Waals surface area contributed by atoms with Crippen LogP contribution in [-0.4, -0.2) is 22.7 Å². The van der Waals surface area contributed by atoms with Crippen LogP contribution in [0, 0.1) is 0 Å². The molecule has 17 heavy (non-hydrogen) atoms. The van der Waals surface area contributed by atoms with E-state index in [2.05, 4.69) is 0 Å². The molecule has 0 spiro atoms. The van der Waals surface area contributed by atoms with E-state index < -0.39 is 11.6 Å². The SMILES string of the molecule is NCC(O)(C(=O)O)c1cccc2c1CCCC2. The van der Waals surface area contributed by atoms with Crippen molar-refractivity contribution in [3.8, 4) is 0 Å². The molecule has 4 N–H and O–H groups in total. The largest absolute Gasteiger partial charge is 0.479 e. The summed E-state index contributed by atoms with van der Waals surface area (Å²) in [6.45, 7) is -0.307. The fourth-order valence-electron chi connectivity index (χ4n) is 2.48. The highest BCUT2D eigenvalue weighted by Gasteiger charge is 2.39. The van der Waals surface area contributed by atoms with E-state index in [1.165, 1.54) is 0 Å². The minimum Gasteiger partial charge on any atom is -0.479 e. The normalized spacial score (nSPS) is 18.2. The van der Waals surface area contributed by atoms with Gasteiger partial charge in [0.2, 0.25) is 0 Å². The lowest BCUT2D eigenvalue weighted by atomic mass is 9.81. The van der Waals surface area contributed by atoms with Crippen LogP contribution in [0.1, 0.15) is 29.5 Å². The van der Waals surface area contributed by atoms with E-state index in [-0.39, 0.29) is 6.54 Å².